The van der Waals surface area contributed by atoms with Crippen LogP contribution in [-0.2, 0) is 9.53 Å². The number of hydrogen-bond donors (Lipinski definition) is 2. The van der Waals surface area contributed by atoms with E-state index in [1.165, 1.54) is 0 Å². The molecule has 0 bridgehead atoms. The number of halogens is 3. The number of rotatable bonds is 2. The minimum Gasteiger partial charge on any atom is -0.381 e. The van der Waals surface area contributed by atoms with Crippen LogP contribution in [-0.4, -0.2) is 43.7 Å². The van der Waals surface area contributed by atoms with Gasteiger partial charge in [0.25, 0.3) is 5.92 Å². The van der Waals surface area contributed by atoms with Crippen molar-refractivity contribution in [3.05, 3.63) is 0 Å². The quantitative estimate of drug-likeness (QED) is 0.798. The van der Waals surface area contributed by atoms with Crippen LogP contribution in [0.4, 0.5) is 8.78 Å². The molecule has 2 saturated heterocycles. The Bertz CT molecular complexity index is 284. The molecule has 1 amide bonds. The number of hydrogen-bond acceptors (Lipinski definition) is 3. The highest BCUT2D eigenvalue weighted by molar-refractivity contribution is 5.85. The first-order chi connectivity index (χ1) is 8.07. The van der Waals surface area contributed by atoms with Gasteiger partial charge in [-0.25, -0.2) is 8.78 Å². The van der Waals surface area contributed by atoms with Gasteiger partial charge in [-0.2, -0.15) is 0 Å². The summed E-state index contributed by atoms with van der Waals surface area (Å²) in [5.74, 6) is -3.07. The lowest BCUT2D eigenvalue weighted by molar-refractivity contribution is -0.124. The summed E-state index contributed by atoms with van der Waals surface area (Å²) in [5, 5.41) is 5.38. The van der Waals surface area contributed by atoms with Gasteiger partial charge in [-0.3, -0.25) is 10.1 Å². The van der Waals surface area contributed by atoms with Crippen LogP contribution < -0.4 is 10.6 Å². The lowest BCUT2D eigenvalue weighted by atomic mass is 10.1. The zero-order valence-electron chi connectivity index (χ0n) is 10.1. The van der Waals surface area contributed by atoms with E-state index in [2.05, 4.69) is 10.6 Å². The van der Waals surface area contributed by atoms with Crippen molar-refractivity contribution in [1.29, 1.82) is 0 Å². The molecule has 2 aliphatic heterocycles. The summed E-state index contributed by atoms with van der Waals surface area (Å²) < 4.78 is 31.1. The number of amides is 1. The van der Waals surface area contributed by atoms with Gasteiger partial charge in [-0.1, -0.05) is 0 Å². The van der Waals surface area contributed by atoms with Crippen LogP contribution in [0.15, 0.2) is 0 Å². The smallest absolute Gasteiger partial charge is 0.262 e. The molecule has 2 fully saturated rings. The molecule has 18 heavy (non-hydrogen) atoms. The second-order valence-electron chi connectivity index (χ2n) is 4.74. The summed E-state index contributed by atoms with van der Waals surface area (Å²) in [7, 11) is 0. The Balaban J connectivity index is 0.00000162. The van der Waals surface area contributed by atoms with Crippen molar-refractivity contribution >= 4 is 18.3 Å². The van der Waals surface area contributed by atoms with Crippen LogP contribution in [0.2, 0.25) is 0 Å². The van der Waals surface area contributed by atoms with E-state index >= 15 is 0 Å². The fraction of sp³-hybridized carbons (Fsp3) is 0.909. The zero-order valence-corrected chi connectivity index (χ0v) is 10.9. The van der Waals surface area contributed by atoms with Crippen molar-refractivity contribution in [2.75, 3.05) is 19.8 Å². The Labute approximate surface area is 111 Å². The SMILES string of the molecule is Cl.O=C(NC1CCCOCC1)C1CC(F)(F)CN1. The molecular weight excluding hydrogens is 266 g/mol. The molecule has 0 aliphatic carbocycles. The third-order valence-corrected chi connectivity index (χ3v) is 3.22. The molecule has 0 radical (unpaired) electrons. The van der Waals surface area contributed by atoms with Gasteiger partial charge in [0.15, 0.2) is 0 Å². The van der Waals surface area contributed by atoms with Crippen molar-refractivity contribution in [3.63, 3.8) is 0 Å². The van der Waals surface area contributed by atoms with E-state index in [1.807, 2.05) is 0 Å². The minimum atomic E-state index is -2.76. The molecule has 106 valence electrons. The van der Waals surface area contributed by atoms with Crippen molar-refractivity contribution < 1.29 is 18.3 Å². The average molecular weight is 285 g/mol. The predicted octanol–water partition coefficient (Wildman–Crippen LogP) is 1.09. The maximum absolute atomic E-state index is 12.9. The fourth-order valence-corrected chi connectivity index (χ4v) is 2.25. The van der Waals surface area contributed by atoms with Gasteiger partial charge in [0.2, 0.25) is 5.91 Å². The van der Waals surface area contributed by atoms with E-state index in [9.17, 15) is 13.6 Å². The molecule has 2 aliphatic rings. The third-order valence-electron chi connectivity index (χ3n) is 3.22. The third kappa shape index (κ3) is 4.33. The first-order valence-corrected chi connectivity index (χ1v) is 6.06. The van der Waals surface area contributed by atoms with Gasteiger partial charge < -0.3 is 10.1 Å². The Kier molecular flexibility index (Phi) is 5.75. The highest BCUT2D eigenvalue weighted by Gasteiger charge is 2.42. The summed E-state index contributed by atoms with van der Waals surface area (Å²) in [5.41, 5.74) is 0. The number of alkyl halides is 2. The molecule has 7 heteroatoms. The van der Waals surface area contributed by atoms with E-state index in [-0.39, 0.29) is 24.4 Å². The number of ether oxygens (including phenoxy) is 1. The standard InChI is InChI=1S/C11H18F2N2O2.ClH/c12-11(13)6-9(14-7-11)10(16)15-8-2-1-4-17-5-3-8;/h8-9,14H,1-7H2,(H,15,16);1H. The van der Waals surface area contributed by atoms with E-state index in [0.29, 0.717) is 13.2 Å². The Hall–Kier alpha value is -0.460. The molecule has 2 heterocycles. The summed E-state index contributed by atoms with van der Waals surface area (Å²) in [6, 6.07) is -0.699. The number of nitrogens with one attached hydrogen (secondary N) is 2. The summed E-state index contributed by atoms with van der Waals surface area (Å²) in [4.78, 5) is 11.8. The molecule has 0 spiro atoms. The van der Waals surface area contributed by atoms with E-state index in [4.69, 9.17) is 4.74 Å². The molecule has 2 rings (SSSR count). The van der Waals surface area contributed by atoms with E-state index in [1.54, 1.807) is 0 Å². The first kappa shape index (κ1) is 15.6. The van der Waals surface area contributed by atoms with Crippen molar-refractivity contribution in [3.8, 4) is 0 Å². The minimum absolute atomic E-state index is 0. The topological polar surface area (TPSA) is 50.4 Å². The highest BCUT2D eigenvalue weighted by atomic mass is 35.5. The summed E-state index contributed by atoms with van der Waals surface area (Å²) in [6.45, 7) is 0.935. The Morgan fingerprint density at radius 1 is 1.33 bits per heavy atom. The van der Waals surface area contributed by atoms with Gasteiger partial charge in [0.1, 0.15) is 0 Å². The van der Waals surface area contributed by atoms with Crippen LogP contribution in [0.1, 0.15) is 25.7 Å². The zero-order chi connectivity index (χ0) is 12.3. The van der Waals surface area contributed by atoms with Crippen LogP contribution >= 0.6 is 12.4 Å². The molecule has 2 unspecified atom stereocenters. The average Bonchev–Trinajstić information content (AvgIpc) is 2.50. The van der Waals surface area contributed by atoms with Crippen LogP contribution in [0, 0.1) is 0 Å². The van der Waals surface area contributed by atoms with Crippen LogP contribution in [0.3, 0.4) is 0 Å². The van der Waals surface area contributed by atoms with Crippen LogP contribution in [0.5, 0.6) is 0 Å². The lowest BCUT2D eigenvalue weighted by Gasteiger charge is -2.18. The molecule has 0 saturated carbocycles. The normalized spacial score (nSPS) is 31.2. The number of carbonyl (C=O) groups excluding carboxylic acids is 1. The number of carbonyl (C=O) groups is 1. The molecule has 0 aromatic rings. The Morgan fingerprint density at radius 3 is 2.78 bits per heavy atom. The maximum atomic E-state index is 12.9. The molecule has 0 aromatic heterocycles. The lowest BCUT2D eigenvalue weighted by Crippen LogP contribution is -2.45. The second-order valence-corrected chi connectivity index (χ2v) is 4.74. The molecule has 2 atom stereocenters. The second kappa shape index (κ2) is 6.63. The highest BCUT2D eigenvalue weighted by Crippen LogP contribution is 2.25. The van der Waals surface area contributed by atoms with Gasteiger partial charge in [-0.15, -0.1) is 12.4 Å². The Morgan fingerprint density at radius 2 is 2.11 bits per heavy atom. The van der Waals surface area contributed by atoms with E-state index < -0.39 is 24.9 Å². The molecule has 2 N–H and O–H groups in total. The van der Waals surface area contributed by atoms with Gasteiger partial charge in [-0.05, 0) is 19.3 Å². The maximum Gasteiger partial charge on any atom is 0.262 e. The largest absolute Gasteiger partial charge is 0.381 e. The summed E-state index contributed by atoms with van der Waals surface area (Å²) >= 11 is 0. The van der Waals surface area contributed by atoms with Gasteiger partial charge in [0, 0.05) is 25.7 Å². The van der Waals surface area contributed by atoms with Crippen molar-refractivity contribution in [1.82, 2.24) is 10.6 Å². The van der Waals surface area contributed by atoms with Gasteiger partial charge in [0.05, 0.1) is 12.6 Å². The molecule has 0 aromatic carbocycles. The van der Waals surface area contributed by atoms with Crippen molar-refractivity contribution in [2.24, 2.45) is 0 Å². The van der Waals surface area contributed by atoms with E-state index in [0.717, 1.165) is 19.3 Å². The predicted molar refractivity (Wildman–Crippen MR) is 65.2 cm³/mol. The van der Waals surface area contributed by atoms with Gasteiger partial charge >= 0.3 is 0 Å². The molecule has 4 nitrogen and oxygen atoms in total. The monoisotopic (exact) mass is 284 g/mol. The first-order valence-electron chi connectivity index (χ1n) is 6.06. The molecular formula is C11H19ClF2N2O2. The van der Waals surface area contributed by atoms with Crippen molar-refractivity contribution in [2.45, 2.75) is 43.7 Å². The summed E-state index contributed by atoms with van der Waals surface area (Å²) in [6.07, 6.45) is 2.12. The fourth-order valence-electron chi connectivity index (χ4n) is 2.25. The van der Waals surface area contributed by atoms with Crippen LogP contribution in [0.25, 0.3) is 0 Å².